The minimum atomic E-state index is 0.408. The summed E-state index contributed by atoms with van der Waals surface area (Å²) in [6.07, 6.45) is 8.30. The molecule has 0 N–H and O–H groups in total. The summed E-state index contributed by atoms with van der Waals surface area (Å²) in [7, 11) is 0. The number of hydrogen-bond acceptors (Lipinski definition) is 1. The van der Waals surface area contributed by atoms with Gasteiger partial charge in [0.15, 0.2) is 0 Å². The lowest BCUT2D eigenvalue weighted by Crippen LogP contribution is -2.39. The van der Waals surface area contributed by atoms with Crippen molar-refractivity contribution < 1.29 is 4.79 Å². The number of aldehydes is 1. The Morgan fingerprint density at radius 2 is 1.93 bits per heavy atom. The van der Waals surface area contributed by atoms with Crippen LogP contribution in [0.5, 0.6) is 0 Å². The van der Waals surface area contributed by atoms with E-state index in [1.807, 2.05) is 6.08 Å². The number of carbonyl (C=O) groups excluding carboxylic acids is 1. The summed E-state index contributed by atoms with van der Waals surface area (Å²) in [6.45, 7) is 9.48. The van der Waals surface area contributed by atoms with Crippen LogP contribution in [0.1, 0.15) is 47.0 Å². The molecule has 0 heterocycles. The fraction of sp³-hybridized carbons (Fsp3) is 0.786. The van der Waals surface area contributed by atoms with Crippen LogP contribution in [0.3, 0.4) is 0 Å². The van der Waals surface area contributed by atoms with Crippen LogP contribution in [-0.4, -0.2) is 6.29 Å². The third kappa shape index (κ3) is 2.70. The number of rotatable bonds is 3. The van der Waals surface area contributed by atoms with Crippen molar-refractivity contribution in [1.82, 2.24) is 0 Å². The highest BCUT2D eigenvalue weighted by molar-refractivity contribution is 5.64. The van der Waals surface area contributed by atoms with Gasteiger partial charge in [-0.05, 0) is 42.1 Å². The molecular formula is C14H24O. The van der Waals surface area contributed by atoms with Gasteiger partial charge in [0.05, 0.1) is 0 Å². The van der Waals surface area contributed by atoms with E-state index in [4.69, 9.17) is 0 Å². The first-order valence-electron chi connectivity index (χ1n) is 6.10. The average molecular weight is 208 g/mol. The molecule has 86 valence electrons. The molecule has 1 aliphatic rings. The first-order chi connectivity index (χ1) is 7.00. The predicted molar refractivity (Wildman–Crippen MR) is 64.7 cm³/mol. The van der Waals surface area contributed by atoms with Crippen molar-refractivity contribution >= 4 is 6.29 Å². The monoisotopic (exact) mass is 208 g/mol. The van der Waals surface area contributed by atoms with Gasteiger partial charge < -0.3 is 0 Å². The zero-order valence-corrected chi connectivity index (χ0v) is 10.5. The van der Waals surface area contributed by atoms with Crippen LogP contribution in [0.4, 0.5) is 0 Å². The standard InChI is InChI=1S/C14H24O/c1-11-8-9-12(2)14(3,4)13(11)7-5-6-10-15/h5-6,10-13H,7-9H2,1-4H3. The highest BCUT2D eigenvalue weighted by Gasteiger charge is 2.40. The van der Waals surface area contributed by atoms with Gasteiger partial charge in [-0.15, -0.1) is 0 Å². The molecule has 0 aromatic carbocycles. The molecule has 0 aliphatic heterocycles. The smallest absolute Gasteiger partial charge is 0.142 e. The second-order valence-corrected chi connectivity index (χ2v) is 5.68. The van der Waals surface area contributed by atoms with Crippen molar-refractivity contribution in [2.45, 2.75) is 47.0 Å². The van der Waals surface area contributed by atoms with Gasteiger partial charge >= 0.3 is 0 Å². The van der Waals surface area contributed by atoms with Crippen LogP contribution in [-0.2, 0) is 4.79 Å². The SMILES string of the molecule is CC1CCC(C)C(C)(C)C1CC=CC=O. The molecule has 1 saturated carbocycles. The minimum Gasteiger partial charge on any atom is -0.299 e. The molecule has 0 bridgehead atoms. The van der Waals surface area contributed by atoms with Gasteiger partial charge in [-0.25, -0.2) is 0 Å². The Labute approximate surface area is 93.9 Å². The molecule has 1 heteroatoms. The van der Waals surface area contributed by atoms with Gasteiger partial charge in [0.1, 0.15) is 6.29 Å². The molecule has 3 unspecified atom stereocenters. The molecule has 0 spiro atoms. The summed E-state index contributed by atoms with van der Waals surface area (Å²) in [4.78, 5) is 10.3. The fourth-order valence-corrected chi connectivity index (χ4v) is 3.00. The maximum atomic E-state index is 10.3. The molecule has 1 rings (SSSR count). The summed E-state index contributed by atoms with van der Waals surface area (Å²) in [5.41, 5.74) is 0.408. The molecule has 1 fully saturated rings. The molecule has 15 heavy (non-hydrogen) atoms. The first kappa shape index (κ1) is 12.5. The van der Waals surface area contributed by atoms with E-state index in [0.717, 1.165) is 30.5 Å². The number of carbonyl (C=O) groups is 1. The van der Waals surface area contributed by atoms with Crippen molar-refractivity contribution in [3.63, 3.8) is 0 Å². The van der Waals surface area contributed by atoms with E-state index in [1.54, 1.807) is 6.08 Å². The van der Waals surface area contributed by atoms with Crippen LogP contribution in [0, 0.1) is 23.2 Å². The normalized spacial score (nSPS) is 35.6. The molecule has 3 atom stereocenters. The molecule has 0 saturated heterocycles. The summed E-state index contributed by atoms with van der Waals surface area (Å²) in [6, 6.07) is 0. The minimum absolute atomic E-state index is 0.408. The molecule has 0 amide bonds. The Kier molecular flexibility index (Phi) is 4.12. The zero-order valence-electron chi connectivity index (χ0n) is 10.5. The third-order valence-corrected chi connectivity index (χ3v) is 4.57. The Bertz CT molecular complexity index is 240. The second-order valence-electron chi connectivity index (χ2n) is 5.68. The Morgan fingerprint density at radius 1 is 1.27 bits per heavy atom. The van der Waals surface area contributed by atoms with E-state index in [9.17, 15) is 4.79 Å². The summed E-state index contributed by atoms with van der Waals surface area (Å²) < 4.78 is 0. The average Bonchev–Trinajstić information content (AvgIpc) is 2.18. The molecule has 0 aromatic heterocycles. The third-order valence-electron chi connectivity index (χ3n) is 4.57. The van der Waals surface area contributed by atoms with E-state index in [-0.39, 0.29) is 0 Å². The largest absolute Gasteiger partial charge is 0.299 e. The van der Waals surface area contributed by atoms with E-state index < -0.39 is 0 Å². The Hall–Kier alpha value is -0.590. The fourth-order valence-electron chi connectivity index (χ4n) is 3.00. The summed E-state index contributed by atoms with van der Waals surface area (Å²) in [5, 5.41) is 0. The van der Waals surface area contributed by atoms with Gasteiger partial charge in [-0.2, -0.15) is 0 Å². The van der Waals surface area contributed by atoms with E-state index in [1.165, 1.54) is 12.8 Å². The second kappa shape index (κ2) is 4.96. The van der Waals surface area contributed by atoms with Gasteiger partial charge in [0.25, 0.3) is 0 Å². The van der Waals surface area contributed by atoms with Crippen LogP contribution >= 0.6 is 0 Å². The lowest BCUT2D eigenvalue weighted by molar-refractivity contribution is -0.104. The highest BCUT2D eigenvalue weighted by atomic mass is 16.1. The van der Waals surface area contributed by atoms with Crippen molar-refractivity contribution in [1.29, 1.82) is 0 Å². The van der Waals surface area contributed by atoms with Crippen LogP contribution < -0.4 is 0 Å². The van der Waals surface area contributed by atoms with Crippen molar-refractivity contribution in [3.05, 3.63) is 12.2 Å². The zero-order chi connectivity index (χ0) is 11.5. The molecule has 0 aromatic rings. The van der Waals surface area contributed by atoms with Crippen LogP contribution in [0.15, 0.2) is 12.2 Å². The van der Waals surface area contributed by atoms with Crippen molar-refractivity contribution in [2.75, 3.05) is 0 Å². The molecular weight excluding hydrogens is 184 g/mol. The van der Waals surface area contributed by atoms with Gasteiger partial charge in [0, 0.05) is 0 Å². The number of allylic oxidation sites excluding steroid dienone is 2. The van der Waals surface area contributed by atoms with Crippen LogP contribution in [0.25, 0.3) is 0 Å². The first-order valence-corrected chi connectivity index (χ1v) is 6.10. The van der Waals surface area contributed by atoms with E-state index in [2.05, 4.69) is 27.7 Å². The predicted octanol–water partition coefficient (Wildman–Crippen LogP) is 3.84. The topological polar surface area (TPSA) is 17.1 Å². The Morgan fingerprint density at radius 3 is 2.53 bits per heavy atom. The maximum Gasteiger partial charge on any atom is 0.142 e. The van der Waals surface area contributed by atoms with E-state index >= 15 is 0 Å². The van der Waals surface area contributed by atoms with Gasteiger partial charge in [0.2, 0.25) is 0 Å². The van der Waals surface area contributed by atoms with Gasteiger partial charge in [-0.3, -0.25) is 4.79 Å². The van der Waals surface area contributed by atoms with Crippen molar-refractivity contribution in [3.8, 4) is 0 Å². The van der Waals surface area contributed by atoms with E-state index in [0.29, 0.717) is 5.41 Å². The highest BCUT2D eigenvalue weighted by Crippen LogP contribution is 2.49. The summed E-state index contributed by atoms with van der Waals surface area (Å²) in [5.74, 6) is 2.30. The quantitative estimate of drug-likeness (QED) is 0.509. The number of hydrogen-bond donors (Lipinski definition) is 0. The lowest BCUT2D eigenvalue weighted by atomic mass is 9.58. The lowest BCUT2D eigenvalue weighted by Gasteiger charge is -2.47. The molecule has 1 nitrogen and oxygen atoms in total. The summed E-state index contributed by atoms with van der Waals surface area (Å²) >= 11 is 0. The Balaban J connectivity index is 2.71. The van der Waals surface area contributed by atoms with Crippen molar-refractivity contribution in [2.24, 2.45) is 23.2 Å². The van der Waals surface area contributed by atoms with Gasteiger partial charge in [-0.1, -0.05) is 40.2 Å². The molecule has 1 aliphatic carbocycles. The maximum absolute atomic E-state index is 10.3. The molecule has 0 radical (unpaired) electrons. The van der Waals surface area contributed by atoms with Crippen LogP contribution in [0.2, 0.25) is 0 Å².